The van der Waals surface area contributed by atoms with Crippen LogP contribution in [0, 0.1) is 23.7 Å². The number of aliphatic hydroxyl groups is 1. The number of carbonyl (C=O) groups excluding carboxylic acids is 6. The van der Waals surface area contributed by atoms with E-state index in [0.717, 1.165) is 0 Å². The molecule has 2 unspecified atom stereocenters. The van der Waals surface area contributed by atoms with Gasteiger partial charge in [-0.25, -0.2) is 0 Å². The molecule has 12 nitrogen and oxygen atoms in total. The van der Waals surface area contributed by atoms with Gasteiger partial charge in [-0.2, -0.15) is 0 Å². The third kappa shape index (κ3) is 4.91. The highest BCUT2D eigenvalue weighted by Gasteiger charge is 2.69. The van der Waals surface area contributed by atoms with E-state index in [1.165, 1.54) is 32.2 Å². The Morgan fingerprint density at radius 3 is 2.21 bits per heavy atom. The molecule has 0 aromatic heterocycles. The molecular formula is C35H33N3O9. The van der Waals surface area contributed by atoms with E-state index in [-0.39, 0.29) is 30.1 Å². The zero-order valence-corrected chi connectivity index (χ0v) is 25.9. The van der Waals surface area contributed by atoms with Gasteiger partial charge in [0.05, 0.1) is 24.6 Å². The summed E-state index contributed by atoms with van der Waals surface area (Å²) in [6, 6.07) is 15.4. The van der Waals surface area contributed by atoms with Gasteiger partial charge in [-0.15, -0.1) is 0 Å². The van der Waals surface area contributed by atoms with Crippen LogP contribution < -0.4 is 15.8 Å². The number of phenolic OH excluding ortho intramolecular Hbond substituents is 1. The first-order valence-corrected chi connectivity index (χ1v) is 15.0. The molecule has 0 radical (unpaired) electrons. The number of ether oxygens (including phenoxy) is 1. The molecular weight excluding hydrogens is 606 g/mol. The highest BCUT2D eigenvalue weighted by molar-refractivity contribution is 6.32. The Labute approximate surface area is 269 Å². The van der Waals surface area contributed by atoms with Crippen LogP contribution in [0.25, 0.3) is 11.1 Å². The number of hydrogen-bond donors (Lipinski definition) is 4. The van der Waals surface area contributed by atoms with Gasteiger partial charge in [-0.1, -0.05) is 18.2 Å². The SMILES string of the molecule is COc1ccc(C(=O)Nc2ccc(-c3ccc(O)c4c3C[C@H]3C[C@H]5[C@H](N(C)C)C(=O)C(C(N)=O)C(=O)[C@@]5(O)C(=O)C3C4=O)cc2)cc1. The zero-order chi connectivity index (χ0) is 33.9. The van der Waals surface area contributed by atoms with E-state index < -0.39 is 64.4 Å². The van der Waals surface area contributed by atoms with E-state index in [1.807, 2.05) is 0 Å². The third-order valence-electron chi connectivity index (χ3n) is 9.75. The highest BCUT2D eigenvalue weighted by Crippen LogP contribution is 2.51. The van der Waals surface area contributed by atoms with Crippen molar-refractivity contribution in [3.05, 3.63) is 77.4 Å². The molecule has 5 N–H and O–H groups in total. The minimum Gasteiger partial charge on any atom is -0.507 e. The number of phenols is 1. The summed E-state index contributed by atoms with van der Waals surface area (Å²) in [5.41, 5.74) is 5.22. The molecule has 12 heteroatoms. The van der Waals surface area contributed by atoms with Crippen LogP contribution in [0.4, 0.5) is 5.69 Å². The molecule has 0 saturated heterocycles. The van der Waals surface area contributed by atoms with Crippen molar-refractivity contribution in [2.75, 3.05) is 26.5 Å². The molecule has 0 heterocycles. The van der Waals surface area contributed by atoms with Crippen LogP contribution >= 0.6 is 0 Å². The summed E-state index contributed by atoms with van der Waals surface area (Å²) >= 11 is 0. The fourth-order valence-corrected chi connectivity index (χ4v) is 7.55. The van der Waals surface area contributed by atoms with E-state index in [1.54, 1.807) is 54.6 Å². The molecule has 3 aromatic rings. The second-order valence-corrected chi connectivity index (χ2v) is 12.5. The van der Waals surface area contributed by atoms with Crippen molar-refractivity contribution in [1.29, 1.82) is 0 Å². The van der Waals surface area contributed by atoms with Crippen LogP contribution in [0.1, 0.15) is 32.7 Å². The molecule has 3 aromatic carbocycles. The number of nitrogens with one attached hydrogen (secondary N) is 1. The predicted octanol–water partition coefficient (Wildman–Crippen LogP) is 1.79. The molecule has 242 valence electrons. The van der Waals surface area contributed by atoms with Gasteiger partial charge in [0.15, 0.2) is 34.7 Å². The van der Waals surface area contributed by atoms with Gasteiger partial charge in [0.1, 0.15) is 11.5 Å². The van der Waals surface area contributed by atoms with Gasteiger partial charge >= 0.3 is 0 Å². The highest BCUT2D eigenvalue weighted by atomic mass is 16.5. The number of carbonyl (C=O) groups is 6. The summed E-state index contributed by atoms with van der Waals surface area (Å²) in [5.74, 6) is -10.7. The van der Waals surface area contributed by atoms with E-state index in [2.05, 4.69) is 5.32 Å². The Morgan fingerprint density at radius 2 is 1.62 bits per heavy atom. The Kier molecular flexibility index (Phi) is 7.81. The van der Waals surface area contributed by atoms with E-state index in [9.17, 15) is 39.0 Å². The Bertz CT molecular complexity index is 1850. The molecule has 0 bridgehead atoms. The Morgan fingerprint density at radius 1 is 0.957 bits per heavy atom. The molecule has 6 atom stereocenters. The van der Waals surface area contributed by atoms with E-state index in [0.29, 0.717) is 33.7 Å². The van der Waals surface area contributed by atoms with E-state index >= 15 is 0 Å². The first-order chi connectivity index (χ1) is 22.3. The molecule has 0 aliphatic heterocycles. The topological polar surface area (TPSA) is 193 Å². The van der Waals surface area contributed by atoms with Crippen LogP contribution in [0.15, 0.2) is 60.7 Å². The standard InChI is InChI=1S/C35H33N3O9/c1-38(2)28-23-15-18-14-22-21(16-4-8-19(9-5-16)37-34(45)17-6-10-20(47-3)11-7-17)12-13-24(39)26(22)29(40)25(18)31(42)35(23,46)32(43)27(30(28)41)33(36)44/h4-13,18,23,25,27-28,39,46H,14-15H2,1-3H3,(H2,36,44)(H,37,45)/t18-,23-,25?,27?,28-,35-/m0/s1. The number of hydrogen-bond acceptors (Lipinski definition) is 10. The lowest BCUT2D eigenvalue weighted by Crippen LogP contribution is -2.74. The quantitative estimate of drug-likeness (QED) is 0.289. The summed E-state index contributed by atoms with van der Waals surface area (Å²) in [7, 11) is 4.61. The van der Waals surface area contributed by atoms with Crippen LogP contribution in [0.2, 0.25) is 0 Å². The monoisotopic (exact) mass is 639 g/mol. The number of likely N-dealkylation sites (N-methyl/N-ethyl adjacent to an activating group) is 1. The van der Waals surface area contributed by atoms with Crippen molar-refractivity contribution in [2.45, 2.75) is 24.5 Å². The maximum absolute atomic E-state index is 14.0. The first-order valence-electron chi connectivity index (χ1n) is 15.0. The van der Waals surface area contributed by atoms with Crippen molar-refractivity contribution in [3.8, 4) is 22.6 Å². The number of benzene rings is 3. The molecule has 2 fully saturated rings. The number of ketones is 4. The minimum atomic E-state index is -2.78. The van der Waals surface area contributed by atoms with Gasteiger partial charge in [0.25, 0.3) is 5.91 Å². The van der Waals surface area contributed by atoms with Crippen LogP contribution in [-0.4, -0.2) is 82.9 Å². The molecule has 2 saturated carbocycles. The van der Waals surface area contributed by atoms with Crippen LogP contribution in [0.3, 0.4) is 0 Å². The second kappa shape index (κ2) is 11.6. The molecule has 47 heavy (non-hydrogen) atoms. The van der Waals surface area contributed by atoms with Crippen LogP contribution in [-0.2, 0) is 25.6 Å². The maximum atomic E-state index is 14.0. The normalized spacial score (nSPS) is 26.7. The minimum absolute atomic E-state index is 0.0463. The van der Waals surface area contributed by atoms with Gasteiger partial charge in [0, 0.05) is 17.2 Å². The third-order valence-corrected chi connectivity index (χ3v) is 9.75. The van der Waals surface area contributed by atoms with Crippen molar-refractivity contribution >= 4 is 40.6 Å². The largest absolute Gasteiger partial charge is 0.507 e. The predicted molar refractivity (Wildman–Crippen MR) is 168 cm³/mol. The second-order valence-electron chi connectivity index (χ2n) is 12.5. The van der Waals surface area contributed by atoms with Crippen molar-refractivity contribution in [3.63, 3.8) is 0 Å². The lowest BCUT2D eigenvalue weighted by Gasteiger charge is -2.52. The van der Waals surface area contributed by atoms with Gasteiger partial charge in [0.2, 0.25) is 5.91 Å². The number of nitrogens with two attached hydrogens (primary N) is 1. The zero-order valence-electron chi connectivity index (χ0n) is 25.9. The number of amides is 2. The summed E-state index contributed by atoms with van der Waals surface area (Å²) in [6.07, 6.45) is 0.0842. The Balaban J connectivity index is 1.34. The molecule has 2 amide bonds. The summed E-state index contributed by atoms with van der Waals surface area (Å²) in [5, 5.41) is 25.4. The average molecular weight is 640 g/mol. The molecule has 0 spiro atoms. The van der Waals surface area contributed by atoms with Crippen molar-refractivity contribution < 1.29 is 43.7 Å². The maximum Gasteiger partial charge on any atom is 0.255 e. The van der Waals surface area contributed by atoms with Crippen LogP contribution in [0.5, 0.6) is 11.5 Å². The number of rotatable bonds is 6. The number of Topliss-reactive ketones (excluding diaryl/α,β-unsaturated/α-hetero) is 4. The lowest BCUT2D eigenvalue weighted by atomic mass is 9.52. The Hall–Kier alpha value is -5.20. The number of nitrogens with zero attached hydrogens (tertiary/aromatic N) is 1. The van der Waals surface area contributed by atoms with Crippen molar-refractivity contribution in [1.82, 2.24) is 4.90 Å². The summed E-state index contributed by atoms with van der Waals surface area (Å²) in [6.45, 7) is 0. The summed E-state index contributed by atoms with van der Waals surface area (Å²) < 4.78 is 5.13. The molecule has 3 aliphatic rings. The first kappa shape index (κ1) is 31.8. The molecule has 3 aliphatic carbocycles. The van der Waals surface area contributed by atoms with Gasteiger partial charge in [-0.05, 0) is 92.0 Å². The van der Waals surface area contributed by atoms with E-state index in [4.69, 9.17) is 10.5 Å². The fraction of sp³-hybridized carbons (Fsp3) is 0.314. The van der Waals surface area contributed by atoms with Gasteiger partial charge < -0.3 is 26.0 Å². The average Bonchev–Trinajstić information content (AvgIpc) is 3.03. The number of aromatic hydroxyl groups is 1. The number of methoxy groups -OCH3 is 1. The summed E-state index contributed by atoms with van der Waals surface area (Å²) in [4.78, 5) is 81.1. The number of primary amides is 1. The number of anilines is 1. The van der Waals surface area contributed by atoms with Gasteiger partial charge in [-0.3, -0.25) is 33.7 Å². The lowest BCUT2D eigenvalue weighted by molar-refractivity contribution is -0.181. The number of fused-ring (bicyclic) bond motifs is 3. The van der Waals surface area contributed by atoms with Crippen molar-refractivity contribution in [2.24, 2.45) is 29.4 Å². The fourth-order valence-electron chi connectivity index (χ4n) is 7.55. The smallest absolute Gasteiger partial charge is 0.255 e. The molecule has 6 rings (SSSR count).